The third-order valence-electron chi connectivity index (χ3n) is 4.28. The summed E-state index contributed by atoms with van der Waals surface area (Å²) in [4.78, 5) is 24.0. The second kappa shape index (κ2) is 10.4. The first-order valence-corrected chi connectivity index (χ1v) is 8.95. The lowest BCUT2D eigenvalue weighted by Gasteiger charge is -2.26. The molecule has 0 bridgehead atoms. The van der Waals surface area contributed by atoms with E-state index in [2.05, 4.69) is 4.90 Å². The van der Waals surface area contributed by atoms with Crippen LogP contribution in [0.5, 0.6) is 0 Å². The zero-order valence-electron chi connectivity index (χ0n) is 15.6. The van der Waals surface area contributed by atoms with E-state index in [1.807, 2.05) is 48.5 Å². The average molecular weight is 370 g/mol. The zero-order chi connectivity index (χ0) is 19.6. The van der Waals surface area contributed by atoms with Crippen molar-refractivity contribution in [3.05, 3.63) is 65.2 Å². The number of carbonyl (C=O) groups is 2. The highest BCUT2D eigenvalue weighted by Gasteiger charge is 2.15. The molecule has 0 radical (unpaired) electrons. The summed E-state index contributed by atoms with van der Waals surface area (Å²) in [6.07, 6.45) is 0.849. The van der Waals surface area contributed by atoms with Crippen molar-refractivity contribution < 1.29 is 19.4 Å². The van der Waals surface area contributed by atoms with E-state index < -0.39 is 5.97 Å². The Kier molecular flexibility index (Phi) is 7.98. The van der Waals surface area contributed by atoms with Gasteiger partial charge in [-0.3, -0.25) is 14.5 Å². The summed E-state index contributed by atoms with van der Waals surface area (Å²) in [5, 5.41) is 7.42. The molecule has 144 valence electrons. The quantitative estimate of drug-likeness (QED) is 0.620. The van der Waals surface area contributed by atoms with Crippen molar-refractivity contribution in [2.45, 2.75) is 13.3 Å². The molecule has 6 nitrogen and oxygen atoms in total. The van der Waals surface area contributed by atoms with Gasteiger partial charge in [0.05, 0.1) is 13.2 Å². The van der Waals surface area contributed by atoms with Crippen LogP contribution in [0.2, 0.25) is 0 Å². The van der Waals surface area contributed by atoms with Gasteiger partial charge in [-0.1, -0.05) is 42.5 Å². The summed E-state index contributed by atoms with van der Waals surface area (Å²) in [6.45, 7) is 5.53. The summed E-state index contributed by atoms with van der Waals surface area (Å²) in [7, 11) is 0. The zero-order valence-corrected chi connectivity index (χ0v) is 15.6. The first-order valence-electron chi connectivity index (χ1n) is 8.95. The first kappa shape index (κ1) is 20.6. The number of carbonyl (C=O) groups excluding carboxylic acids is 1. The third kappa shape index (κ3) is 6.51. The van der Waals surface area contributed by atoms with Crippen LogP contribution in [0.4, 0.5) is 5.69 Å². The molecule has 1 aliphatic rings. The number of carboxylic acid groups (broad SMARTS) is 1. The number of ether oxygens (including phenoxy) is 1. The van der Waals surface area contributed by atoms with Gasteiger partial charge in [0.1, 0.15) is 0 Å². The Morgan fingerprint density at radius 1 is 1.07 bits per heavy atom. The molecule has 0 saturated carbocycles. The number of aliphatic carboxylic acids is 1. The number of morpholine rings is 1. The van der Waals surface area contributed by atoms with Crippen LogP contribution >= 0.6 is 0 Å². The number of anilines is 1. The predicted molar refractivity (Wildman–Crippen MR) is 105 cm³/mol. The van der Waals surface area contributed by atoms with Crippen LogP contribution in [0, 0.1) is 0 Å². The summed E-state index contributed by atoms with van der Waals surface area (Å²) in [5.74, 6) is -0.851. The van der Waals surface area contributed by atoms with Crippen LogP contribution in [0.25, 0.3) is 0 Å². The molecule has 0 atom stereocenters. The lowest BCUT2D eigenvalue weighted by atomic mass is 9.97. The van der Waals surface area contributed by atoms with Crippen molar-refractivity contribution in [2.75, 3.05) is 38.6 Å². The topological polar surface area (TPSA) is 92.9 Å². The lowest BCUT2D eigenvalue weighted by Crippen LogP contribution is -2.37. The van der Waals surface area contributed by atoms with Gasteiger partial charge in [-0.25, -0.2) is 0 Å². The van der Waals surface area contributed by atoms with E-state index in [1.165, 1.54) is 0 Å². The maximum atomic E-state index is 12.6. The number of benzene rings is 2. The maximum absolute atomic E-state index is 12.6. The van der Waals surface area contributed by atoms with Crippen LogP contribution < -0.4 is 5.73 Å². The van der Waals surface area contributed by atoms with Gasteiger partial charge in [0.15, 0.2) is 5.78 Å². The Balaban J connectivity index is 0.000000596. The summed E-state index contributed by atoms with van der Waals surface area (Å²) in [5.41, 5.74) is 9.18. The number of nitrogen functional groups attached to an aromatic ring is 1. The first-order chi connectivity index (χ1) is 13.0. The minimum Gasteiger partial charge on any atom is -0.481 e. The second-order valence-electron chi connectivity index (χ2n) is 6.30. The SMILES string of the molecule is CC(=O)O.Nc1c(CCN2CCOCC2)cccc1C(=O)c1ccccc1. The summed E-state index contributed by atoms with van der Waals surface area (Å²) < 4.78 is 5.36. The van der Waals surface area contributed by atoms with Crippen molar-refractivity contribution in [2.24, 2.45) is 0 Å². The second-order valence-corrected chi connectivity index (χ2v) is 6.30. The molecule has 1 heterocycles. The van der Waals surface area contributed by atoms with E-state index in [1.54, 1.807) is 0 Å². The van der Waals surface area contributed by atoms with Gasteiger partial charge in [-0.2, -0.15) is 0 Å². The van der Waals surface area contributed by atoms with E-state index in [4.69, 9.17) is 20.4 Å². The van der Waals surface area contributed by atoms with Crippen LogP contribution in [0.15, 0.2) is 48.5 Å². The van der Waals surface area contributed by atoms with Gasteiger partial charge in [0.2, 0.25) is 0 Å². The summed E-state index contributed by atoms with van der Waals surface area (Å²) in [6, 6.07) is 15.0. The van der Waals surface area contributed by atoms with Gasteiger partial charge in [0.25, 0.3) is 5.97 Å². The molecule has 0 spiro atoms. The molecule has 2 aromatic carbocycles. The molecular weight excluding hydrogens is 344 g/mol. The van der Waals surface area contributed by atoms with Crippen molar-refractivity contribution in [1.29, 1.82) is 0 Å². The Morgan fingerprint density at radius 2 is 1.70 bits per heavy atom. The molecule has 0 aromatic heterocycles. The Labute approximate surface area is 159 Å². The molecule has 3 N–H and O–H groups in total. The Morgan fingerprint density at radius 3 is 2.33 bits per heavy atom. The smallest absolute Gasteiger partial charge is 0.300 e. The highest BCUT2D eigenvalue weighted by atomic mass is 16.5. The largest absolute Gasteiger partial charge is 0.481 e. The van der Waals surface area contributed by atoms with E-state index >= 15 is 0 Å². The number of nitrogens with two attached hydrogens (primary N) is 1. The fourth-order valence-corrected chi connectivity index (χ4v) is 2.88. The van der Waals surface area contributed by atoms with Crippen LogP contribution in [0.3, 0.4) is 0 Å². The Hall–Kier alpha value is -2.70. The molecule has 0 unspecified atom stereocenters. The Bertz CT molecular complexity index is 752. The van der Waals surface area contributed by atoms with Crippen molar-refractivity contribution in [1.82, 2.24) is 4.90 Å². The third-order valence-corrected chi connectivity index (χ3v) is 4.28. The van der Waals surface area contributed by atoms with Gasteiger partial charge < -0.3 is 15.6 Å². The maximum Gasteiger partial charge on any atom is 0.300 e. The fraction of sp³-hybridized carbons (Fsp3) is 0.333. The van der Waals surface area contributed by atoms with Crippen molar-refractivity contribution in [3.63, 3.8) is 0 Å². The lowest BCUT2D eigenvalue weighted by molar-refractivity contribution is -0.134. The predicted octanol–water partition coefficient (Wildman–Crippen LogP) is 2.47. The molecular formula is C21H26N2O4. The number of ketones is 1. The molecule has 2 aromatic rings. The number of nitrogens with zero attached hydrogens (tertiary/aromatic N) is 1. The van der Waals surface area contributed by atoms with Gasteiger partial charge in [0, 0.05) is 43.4 Å². The minimum atomic E-state index is -0.833. The molecule has 1 saturated heterocycles. The van der Waals surface area contributed by atoms with Gasteiger partial charge >= 0.3 is 0 Å². The van der Waals surface area contributed by atoms with E-state index in [0.717, 1.165) is 51.8 Å². The number of carboxylic acids is 1. The van der Waals surface area contributed by atoms with Gasteiger partial charge in [-0.15, -0.1) is 0 Å². The van der Waals surface area contributed by atoms with Gasteiger partial charge in [-0.05, 0) is 18.1 Å². The fourth-order valence-electron chi connectivity index (χ4n) is 2.88. The van der Waals surface area contributed by atoms with Crippen molar-refractivity contribution in [3.8, 4) is 0 Å². The van der Waals surface area contributed by atoms with E-state index in [0.29, 0.717) is 16.8 Å². The van der Waals surface area contributed by atoms with Crippen LogP contribution in [-0.4, -0.2) is 54.6 Å². The molecule has 0 aliphatic carbocycles. The van der Waals surface area contributed by atoms with Crippen LogP contribution in [-0.2, 0) is 16.0 Å². The molecule has 1 aliphatic heterocycles. The standard InChI is InChI=1S/C19H22N2O2.C2H4O2/c20-18-15(9-10-21-11-13-23-14-12-21)7-4-8-17(18)19(22)16-5-2-1-3-6-16;1-2(3)4/h1-8H,9-14,20H2;1H3,(H,3,4). The molecule has 3 rings (SSSR count). The number of rotatable bonds is 5. The highest BCUT2D eigenvalue weighted by Crippen LogP contribution is 2.21. The monoisotopic (exact) mass is 370 g/mol. The number of hydrogen-bond acceptors (Lipinski definition) is 5. The molecule has 1 fully saturated rings. The highest BCUT2D eigenvalue weighted by molar-refractivity contribution is 6.12. The molecule has 0 amide bonds. The number of para-hydroxylation sites is 1. The normalized spacial score (nSPS) is 14.1. The average Bonchev–Trinajstić information content (AvgIpc) is 2.68. The molecule has 27 heavy (non-hydrogen) atoms. The van der Waals surface area contributed by atoms with E-state index in [-0.39, 0.29) is 5.78 Å². The number of hydrogen-bond donors (Lipinski definition) is 2. The van der Waals surface area contributed by atoms with Crippen LogP contribution in [0.1, 0.15) is 28.4 Å². The van der Waals surface area contributed by atoms with Crippen molar-refractivity contribution >= 4 is 17.4 Å². The summed E-state index contributed by atoms with van der Waals surface area (Å²) >= 11 is 0. The molecule has 6 heteroatoms. The minimum absolute atomic E-state index is 0.0173. The van der Waals surface area contributed by atoms with E-state index in [9.17, 15) is 4.79 Å².